The van der Waals surface area contributed by atoms with Gasteiger partial charge >= 0.3 is 12.0 Å². The number of carbonyl (C=O) groups excluding carboxylic acids is 1. The molecule has 1 rings (SSSR count). The summed E-state index contributed by atoms with van der Waals surface area (Å²) in [5.74, 6) is 1.11. The van der Waals surface area contributed by atoms with Crippen molar-refractivity contribution in [3.05, 3.63) is 0 Å². The first-order valence-corrected chi connectivity index (χ1v) is 8.13. The van der Waals surface area contributed by atoms with Crippen LogP contribution in [-0.2, 0) is 4.79 Å². The van der Waals surface area contributed by atoms with Gasteiger partial charge in [-0.3, -0.25) is 4.79 Å². The number of urea groups is 1. The van der Waals surface area contributed by atoms with Crippen molar-refractivity contribution < 1.29 is 14.7 Å². The number of hydrogen-bond donors (Lipinski definition) is 3. The summed E-state index contributed by atoms with van der Waals surface area (Å²) in [5.41, 5.74) is 0. The zero-order valence-corrected chi connectivity index (χ0v) is 12.3. The van der Waals surface area contributed by atoms with Crippen molar-refractivity contribution in [2.75, 3.05) is 18.1 Å². The molecular formula is C13H24N2O3S. The molecule has 1 saturated carbocycles. The normalized spacial score (nSPS) is 22.8. The number of carboxylic acids is 1. The Morgan fingerprint density at radius 1 is 1.37 bits per heavy atom. The minimum absolute atomic E-state index is 0.000123. The van der Waals surface area contributed by atoms with Crippen molar-refractivity contribution in [3.8, 4) is 0 Å². The fraction of sp³-hybridized carbons (Fsp3) is 0.846. The molecule has 1 aliphatic rings. The molecule has 0 saturated heterocycles. The molecule has 1 fully saturated rings. The smallest absolute Gasteiger partial charge is 0.315 e. The molecule has 3 N–H and O–H groups in total. The Labute approximate surface area is 118 Å². The lowest BCUT2D eigenvalue weighted by Crippen LogP contribution is -2.45. The van der Waals surface area contributed by atoms with Gasteiger partial charge in [-0.1, -0.05) is 13.3 Å². The van der Waals surface area contributed by atoms with Gasteiger partial charge in [-0.2, -0.15) is 11.8 Å². The van der Waals surface area contributed by atoms with Crippen LogP contribution in [0.3, 0.4) is 0 Å². The Hall–Kier alpha value is -0.910. The molecule has 0 aliphatic heterocycles. The summed E-state index contributed by atoms with van der Waals surface area (Å²) in [5, 5.41) is 14.7. The van der Waals surface area contributed by atoms with Gasteiger partial charge in [-0.05, 0) is 37.2 Å². The van der Waals surface area contributed by atoms with Gasteiger partial charge in [0.05, 0.1) is 5.92 Å². The van der Waals surface area contributed by atoms with E-state index in [1.807, 2.05) is 11.8 Å². The number of carboxylic acid groups (broad SMARTS) is 1. The number of nitrogens with one attached hydrogen (secondary N) is 2. The number of aliphatic carboxylic acids is 1. The van der Waals surface area contributed by atoms with Crippen LogP contribution in [0, 0.1) is 5.92 Å². The molecular weight excluding hydrogens is 264 g/mol. The van der Waals surface area contributed by atoms with E-state index in [-0.39, 0.29) is 18.0 Å². The van der Waals surface area contributed by atoms with Gasteiger partial charge in [0.25, 0.3) is 0 Å². The monoisotopic (exact) mass is 288 g/mol. The summed E-state index contributed by atoms with van der Waals surface area (Å²) >= 11 is 1.86. The van der Waals surface area contributed by atoms with Crippen LogP contribution in [0.2, 0.25) is 0 Å². The first-order valence-electron chi connectivity index (χ1n) is 6.98. The minimum atomic E-state index is -0.747. The lowest BCUT2D eigenvalue weighted by atomic mass is 9.86. The van der Waals surface area contributed by atoms with Gasteiger partial charge in [0.2, 0.25) is 0 Å². The van der Waals surface area contributed by atoms with Gasteiger partial charge in [-0.25, -0.2) is 4.79 Å². The van der Waals surface area contributed by atoms with Crippen LogP contribution in [0.5, 0.6) is 0 Å². The van der Waals surface area contributed by atoms with E-state index in [0.717, 1.165) is 37.2 Å². The number of thioether (sulfide) groups is 1. The molecule has 0 aromatic heterocycles. The molecule has 2 amide bonds. The van der Waals surface area contributed by atoms with Crippen molar-refractivity contribution in [2.45, 2.75) is 45.1 Å². The van der Waals surface area contributed by atoms with Crippen molar-refractivity contribution in [2.24, 2.45) is 5.92 Å². The molecule has 5 nitrogen and oxygen atoms in total. The number of carbonyl (C=O) groups is 2. The average Bonchev–Trinajstić information content (AvgIpc) is 2.38. The maximum absolute atomic E-state index is 11.6. The zero-order valence-electron chi connectivity index (χ0n) is 11.5. The Morgan fingerprint density at radius 2 is 2.16 bits per heavy atom. The van der Waals surface area contributed by atoms with Crippen LogP contribution in [0.4, 0.5) is 4.79 Å². The third-order valence-electron chi connectivity index (χ3n) is 3.31. The summed E-state index contributed by atoms with van der Waals surface area (Å²) < 4.78 is 0. The third kappa shape index (κ3) is 6.71. The van der Waals surface area contributed by atoms with E-state index >= 15 is 0 Å². The Morgan fingerprint density at radius 3 is 2.84 bits per heavy atom. The van der Waals surface area contributed by atoms with Crippen LogP contribution in [0.1, 0.15) is 39.0 Å². The second kappa shape index (κ2) is 9.07. The Bertz CT molecular complexity index is 300. The fourth-order valence-corrected chi connectivity index (χ4v) is 2.94. The summed E-state index contributed by atoms with van der Waals surface area (Å²) in [6.07, 6.45) is 3.99. The first kappa shape index (κ1) is 16.1. The molecule has 2 atom stereocenters. The van der Waals surface area contributed by atoms with Crippen molar-refractivity contribution in [3.63, 3.8) is 0 Å². The van der Waals surface area contributed by atoms with Crippen LogP contribution in [-0.4, -0.2) is 41.2 Å². The highest BCUT2D eigenvalue weighted by Crippen LogP contribution is 2.24. The molecule has 0 aromatic carbocycles. The summed E-state index contributed by atoms with van der Waals surface area (Å²) in [7, 11) is 0. The van der Waals surface area contributed by atoms with Crippen molar-refractivity contribution in [1.29, 1.82) is 0 Å². The first-order chi connectivity index (χ1) is 9.13. The maximum atomic E-state index is 11.6. The van der Waals surface area contributed by atoms with Gasteiger partial charge in [0.1, 0.15) is 0 Å². The van der Waals surface area contributed by atoms with E-state index in [2.05, 4.69) is 17.6 Å². The molecule has 0 aromatic rings. The standard InChI is InChI=1S/C13H24N2O3S/c1-2-19-8-4-7-14-13(18)15-11-6-3-5-10(9-11)12(16)17/h10-11H,2-9H2,1H3,(H,16,17)(H2,14,15,18). The van der Waals surface area contributed by atoms with E-state index < -0.39 is 5.97 Å². The van der Waals surface area contributed by atoms with Gasteiger partial charge in [0.15, 0.2) is 0 Å². The highest BCUT2D eigenvalue weighted by molar-refractivity contribution is 7.99. The van der Waals surface area contributed by atoms with Crippen LogP contribution >= 0.6 is 11.8 Å². The molecule has 0 spiro atoms. The SMILES string of the molecule is CCSCCCNC(=O)NC1CCCC(C(=O)O)C1. The summed E-state index contributed by atoms with van der Waals surface area (Å²) in [6, 6.07) is -0.169. The van der Waals surface area contributed by atoms with Crippen LogP contribution < -0.4 is 10.6 Å². The number of amides is 2. The van der Waals surface area contributed by atoms with E-state index in [1.54, 1.807) is 0 Å². The van der Waals surface area contributed by atoms with Crippen LogP contribution in [0.15, 0.2) is 0 Å². The van der Waals surface area contributed by atoms with Crippen molar-refractivity contribution in [1.82, 2.24) is 10.6 Å². The topological polar surface area (TPSA) is 78.4 Å². The molecule has 0 bridgehead atoms. The zero-order chi connectivity index (χ0) is 14.1. The second-order valence-electron chi connectivity index (χ2n) is 4.85. The molecule has 0 heterocycles. The number of hydrogen-bond acceptors (Lipinski definition) is 3. The minimum Gasteiger partial charge on any atom is -0.481 e. The molecule has 0 radical (unpaired) electrons. The largest absolute Gasteiger partial charge is 0.481 e. The highest BCUT2D eigenvalue weighted by atomic mass is 32.2. The second-order valence-corrected chi connectivity index (χ2v) is 6.24. The lowest BCUT2D eigenvalue weighted by Gasteiger charge is -2.27. The van der Waals surface area contributed by atoms with E-state index in [9.17, 15) is 9.59 Å². The molecule has 110 valence electrons. The van der Waals surface area contributed by atoms with Gasteiger partial charge < -0.3 is 15.7 Å². The fourth-order valence-electron chi connectivity index (χ4n) is 2.30. The van der Waals surface area contributed by atoms with Crippen LogP contribution in [0.25, 0.3) is 0 Å². The molecule has 1 aliphatic carbocycles. The molecule has 6 heteroatoms. The quantitative estimate of drug-likeness (QED) is 0.627. The maximum Gasteiger partial charge on any atom is 0.315 e. The third-order valence-corrected chi connectivity index (χ3v) is 4.30. The summed E-state index contributed by atoms with van der Waals surface area (Å²) in [4.78, 5) is 22.6. The average molecular weight is 288 g/mol. The predicted octanol–water partition coefficient (Wildman–Crippen LogP) is 2.07. The van der Waals surface area contributed by atoms with E-state index in [0.29, 0.717) is 13.0 Å². The highest BCUT2D eigenvalue weighted by Gasteiger charge is 2.27. The van der Waals surface area contributed by atoms with Gasteiger partial charge in [-0.15, -0.1) is 0 Å². The molecule has 19 heavy (non-hydrogen) atoms. The lowest BCUT2D eigenvalue weighted by molar-refractivity contribution is -0.143. The van der Waals surface area contributed by atoms with E-state index in [1.165, 1.54) is 0 Å². The predicted molar refractivity (Wildman–Crippen MR) is 77.5 cm³/mol. The van der Waals surface area contributed by atoms with E-state index in [4.69, 9.17) is 5.11 Å². The summed E-state index contributed by atoms with van der Waals surface area (Å²) in [6.45, 7) is 2.79. The Kier molecular flexibility index (Phi) is 7.70. The van der Waals surface area contributed by atoms with Gasteiger partial charge in [0, 0.05) is 12.6 Å². The van der Waals surface area contributed by atoms with Crippen molar-refractivity contribution >= 4 is 23.8 Å². The Balaban J connectivity index is 2.15. The number of rotatable bonds is 7. The molecule has 2 unspecified atom stereocenters.